The van der Waals surface area contributed by atoms with Gasteiger partial charge in [-0.2, -0.15) is 0 Å². The largest absolute Gasteiger partial charge is 0.497 e. The summed E-state index contributed by atoms with van der Waals surface area (Å²) in [7, 11) is 1.56. The standard InChI is InChI=1S/C11H10ClNO3S/c1-16-6-2-3-7(8(12)4-6)10-13-9(5-17-10)11(14)15/h2-4,9H,5H2,1H3,(H,14,15). The topological polar surface area (TPSA) is 58.9 Å². The first kappa shape index (κ1) is 12.3. The van der Waals surface area contributed by atoms with Gasteiger partial charge in [0.2, 0.25) is 0 Å². The molecular weight excluding hydrogens is 262 g/mol. The van der Waals surface area contributed by atoms with Gasteiger partial charge in [-0.15, -0.1) is 11.8 Å². The van der Waals surface area contributed by atoms with E-state index in [4.69, 9.17) is 21.4 Å². The number of thioether (sulfide) groups is 1. The van der Waals surface area contributed by atoms with E-state index in [9.17, 15) is 4.79 Å². The van der Waals surface area contributed by atoms with E-state index in [1.807, 2.05) is 0 Å². The van der Waals surface area contributed by atoms with Crippen LogP contribution >= 0.6 is 23.4 Å². The second-order valence-electron chi connectivity index (χ2n) is 3.45. The molecule has 0 aromatic heterocycles. The molecule has 1 unspecified atom stereocenters. The number of hydrogen-bond acceptors (Lipinski definition) is 4. The summed E-state index contributed by atoms with van der Waals surface area (Å²) in [6, 6.07) is 4.58. The monoisotopic (exact) mass is 271 g/mol. The number of nitrogens with zero attached hydrogens (tertiary/aromatic N) is 1. The Morgan fingerprint density at radius 2 is 2.41 bits per heavy atom. The fourth-order valence-corrected chi connectivity index (χ4v) is 2.83. The fourth-order valence-electron chi connectivity index (χ4n) is 1.44. The number of halogens is 1. The van der Waals surface area contributed by atoms with Crippen molar-refractivity contribution in [3.8, 4) is 5.75 Å². The van der Waals surface area contributed by atoms with Crippen molar-refractivity contribution >= 4 is 34.4 Å². The molecule has 1 aliphatic rings. The van der Waals surface area contributed by atoms with E-state index in [0.717, 1.165) is 5.56 Å². The van der Waals surface area contributed by atoms with Gasteiger partial charge in [0, 0.05) is 11.3 Å². The number of aliphatic carboxylic acids is 1. The minimum absolute atomic E-state index is 0.451. The maximum Gasteiger partial charge on any atom is 0.329 e. The van der Waals surface area contributed by atoms with Gasteiger partial charge >= 0.3 is 5.97 Å². The van der Waals surface area contributed by atoms with E-state index in [0.29, 0.717) is 21.6 Å². The molecule has 6 heteroatoms. The second-order valence-corrected chi connectivity index (χ2v) is 4.86. The zero-order valence-corrected chi connectivity index (χ0v) is 10.6. The molecule has 2 rings (SSSR count). The average molecular weight is 272 g/mol. The molecule has 0 fully saturated rings. The van der Waals surface area contributed by atoms with E-state index < -0.39 is 12.0 Å². The lowest BCUT2D eigenvalue weighted by Crippen LogP contribution is -2.17. The van der Waals surface area contributed by atoms with Crippen LogP contribution < -0.4 is 4.74 Å². The number of aliphatic imine (C=N–C) groups is 1. The molecule has 1 heterocycles. The van der Waals surface area contributed by atoms with Gasteiger partial charge in [0.1, 0.15) is 10.8 Å². The molecule has 4 nitrogen and oxygen atoms in total. The Bertz CT molecular complexity index is 490. The number of ether oxygens (including phenoxy) is 1. The van der Waals surface area contributed by atoms with Gasteiger partial charge in [-0.05, 0) is 18.2 Å². The lowest BCUT2D eigenvalue weighted by atomic mass is 10.2. The summed E-state index contributed by atoms with van der Waals surface area (Å²) in [6.45, 7) is 0. The van der Waals surface area contributed by atoms with Crippen LogP contribution in [0.15, 0.2) is 23.2 Å². The highest BCUT2D eigenvalue weighted by molar-refractivity contribution is 8.14. The summed E-state index contributed by atoms with van der Waals surface area (Å²) in [4.78, 5) is 14.9. The molecule has 0 saturated carbocycles. The van der Waals surface area contributed by atoms with E-state index >= 15 is 0 Å². The van der Waals surface area contributed by atoms with Crippen molar-refractivity contribution in [2.45, 2.75) is 6.04 Å². The molecular formula is C11H10ClNO3S. The van der Waals surface area contributed by atoms with Gasteiger partial charge in [0.05, 0.1) is 12.1 Å². The van der Waals surface area contributed by atoms with Crippen LogP contribution in [-0.4, -0.2) is 35.0 Å². The van der Waals surface area contributed by atoms with Crippen LogP contribution in [0.5, 0.6) is 5.75 Å². The Labute approximate surface area is 108 Å². The number of carbonyl (C=O) groups is 1. The van der Waals surface area contributed by atoms with Crippen LogP contribution in [0.2, 0.25) is 5.02 Å². The third-order valence-electron chi connectivity index (χ3n) is 2.34. The van der Waals surface area contributed by atoms with Gasteiger partial charge in [-0.1, -0.05) is 11.6 Å². The van der Waals surface area contributed by atoms with Gasteiger partial charge in [-0.25, -0.2) is 4.79 Å². The first-order valence-corrected chi connectivity index (χ1v) is 6.25. The van der Waals surface area contributed by atoms with E-state index in [-0.39, 0.29) is 0 Å². The summed E-state index contributed by atoms with van der Waals surface area (Å²) in [6.07, 6.45) is 0. The van der Waals surface area contributed by atoms with Gasteiger partial charge in [0.15, 0.2) is 6.04 Å². The number of carboxylic acid groups (broad SMARTS) is 1. The third-order valence-corrected chi connectivity index (χ3v) is 3.74. The summed E-state index contributed by atoms with van der Waals surface area (Å²) in [5.41, 5.74) is 0.751. The highest BCUT2D eigenvalue weighted by Crippen LogP contribution is 2.30. The number of methoxy groups -OCH3 is 1. The summed E-state index contributed by atoms with van der Waals surface area (Å²) < 4.78 is 5.05. The predicted molar refractivity (Wildman–Crippen MR) is 68.4 cm³/mol. The normalized spacial score (nSPS) is 18.9. The van der Waals surface area contributed by atoms with Gasteiger partial charge in [0.25, 0.3) is 0 Å². The summed E-state index contributed by atoms with van der Waals surface area (Å²) in [5, 5.41) is 10.0. The van der Waals surface area contributed by atoms with Crippen molar-refractivity contribution in [2.24, 2.45) is 4.99 Å². The van der Waals surface area contributed by atoms with Crippen molar-refractivity contribution in [1.82, 2.24) is 0 Å². The Kier molecular flexibility index (Phi) is 3.59. The maximum absolute atomic E-state index is 10.8. The van der Waals surface area contributed by atoms with Crippen molar-refractivity contribution in [1.29, 1.82) is 0 Å². The molecule has 0 amide bonds. The Morgan fingerprint density at radius 3 is 2.94 bits per heavy atom. The molecule has 1 aromatic carbocycles. The molecule has 1 aliphatic heterocycles. The predicted octanol–water partition coefficient (Wildman–Crippen LogP) is 2.30. The van der Waals surface area contributed by atoms with Crippen LogP contribution in [0.1, 0.15) is 5.56 Å². The van der Waals surface area contributed by atoms with Crippen molar-refractivity contribution in [2.75, 3.05) is 12.9 Å². The molecule has 17 heavy (non-hydrogen) atoms. The van der Waals surface area contributed by atoms with Crippen LogP contribution in [0.25, 0.3) is 0 Å². The van der Waals surface area contributed by atoms with Crippen molar-refractivity contribution < 1.29 is 14.6 Å². The smallest absolute Gasteiger partial charge is 0.329 e. The summed E-state index contributed by atoms with van der Waals surface area (Å²) in [5.74, 6) is 0.210. The minimum atomic E-state index is -0.905. The first-order chi connectivity index (χ1) is 8.11. The van der Waals surface area contributed by atoms with Crippen molar-refractivity contribution in [3.05, 3.63) is 28.8 Å². The molecule has 90 valence electrons. The number of rotatable bonds is 3. The highest BCUT2D eigenvalue weighted by atomic mass is 35.5. The molecule has 0 saturated heterocycles. The highest BCUT2D eigenvalue weighted by Gasteiger charge is 2.26. The third kappa shape index (κ3) is 2.56. The number of carboxylic acids is 1. The SMILES string of the molecule is COc1ccc(C2=NC(C(=O)O)CS2)c(Cl)c1. The zero-order chi connectivity index (χ0) is 12.4. The van der Waals surface area contributed by atoms with Crippen LogP contribution in [0, 0.1) is 0 Å². The maximum atomic E-state index is 10.8. The van der Waals surface area contributed by atoms with Crippen LogP contribution in [-0.2, 0) is 4.79 Å². The van der Waals surface area contributed by atoms with Crippen molar-refractivity contribution in [3.63, 3.8) is 0 Å². The zero-order valence-electron chi connectivity index (χ0n) is 9.01. The quantitative estimate of drug-likeness (QED) is 0.916. The molecule has 0 bridgehead atoms. The van der Waals surface area contributed by atoms with E-state index in [1.165, 1.54) is 11.8 Å². The number of hydrogen-bond donors (Lipinski definition) is 1. The molecule has 1 atom stereocenters. The molecule has 1 aromatic rings. The Hall–Kier alpha value is -1.20. The first-order valence-electron chi connectivity index (χ1n) is 4.89. The second kappa shape index (κ2) is 4.98. The Morgan fingerprint density at radius 1 is 1.65 bits per heavy atom. The lowest BCUT2D eigenvalue weighted by Gasteiger charge is -2.05. The average Bonchev–Trinajstić information content (AvgIpc) is 2.78. The van der Waals surface area contributed by atoms with Gasteiger partial charge < -0.3 is 9.84 Å². The molecule has 1 N–H and O–H groups in total. The molecule has 0 radical (unpaired) electrons. The van der Waals surface area contributed by atoms with Crippen LogP contribution in [0.4, 0.5) is 0 Å². The minimum Gasteiger partial charge on any atom is -0.497 e. The van der Waals surface area contributed by atoms with Crippen LogP contribution in [0.3, 0.4) is 0 Å². The van der Waals surface area contributed by atoms with Gasteiger partial charge in [-0.3, -0.25) is 4.99 Å². The fraction of sp³-hybridized carbons (Fsp3) is 0.273. The number of benzene rings is 1. The molecule has 0 spiro atoms. The lowest BCUT2D eigenvalue weighted by molar-refractivity contribution is -0.137. The molecule has 0 aliphatic carbocycles. The summed E-state index contributed by atoms with van der Waals surface area (Å²) >= 11 is 7.50. The Balaban J connectivity index is 2.30. The van der Waals surface area contributed by atoms with E-state index in [2.05, 4.69) is 4.99 Å². The van der Waals surface area contributed by atoms with E-state index in [1.54, 1.807) is 25.3 Å².